The number of nitrogens with zero attached hydrogens (tertiary/aromatic N) is 2. The van der Waals surface area contributed by atoms with Crippen molar-refractivity contribution < 1.29 is 8.91 Å². The van der Waals surface area contributed by atoms with E-state index in [1.54, 1.807) is 6.07 Å². The number of nitrogen functional groups attached to an aromatic ring is 1. The zero-order valence-corrected chi connectivity index (χ0v) is 10.5. The molecule has 0 atom stereocenters. The first-order chi connectivity index (χ1) is 8.56. The number of nitrogens with two attached hydrogens (primary N) is 1. The van der Waals surface area contributed by atoms with Crippen molar-refractivity contribution >= 4 is 5.69 Å². The van der Waals surface area contributed by atoms with Crippen LogP contribution in [0.15, 0.2) is 22.7 Å². The van der Waals surface area contributed by atoms with E-state index in [1.807, 2.05) is 0 Å². The van der Waals surface area contributed by atoms with Crippen LogP contribution in [0.2, 0.25) is 0 Å². The maximum atomic E-state index is 12.9. The molecule has 0 bridgehead atoms. The largest absolute Gasteiger partial charge is 0.398 e. The van der Waals surface area contributed by atoms with Gasteiger partial charge < -0.3 is 10.3 Å². The van der Waals surface area contributed by atoms with Gasteiger partial charge in [0.05, 0.1) is 5.56 Å². The van der Waals surface area contributed by atoms with Crippen molar-refractivity contribution in [2.75, 3.05) is 5.73 Å². The Labute approximate surface area is 105 Å². The van der Waals surface area contributed by atoms with E-state index < -0.39 is 0 Å². The predicted octanol–water partition coefficient (Wildman–Crippen LogP) is 3.05. The number of rotatable bonds is 4. The van der Waals surface area contributed by atoms with Crippen molar-refractivity contribution in [2.45, 2.75) is 26.7 Å². The van der Waals surface area contributed by atoms with Crippen LogP contribution in [-0.2, 0) is 6.42 Å². The molecule has 96 valence electrons. The number of anilines is 1. The Bertz CT molecular complexity index is 537. The second-order valence-corrected chi connectivity index (χ2v) is 4.68. The molecule has 0 fully saturated rings. The molecule has 0 radical (unpaired) electrons. The molecule has 0 aliphatic heterocycles. The molecule has 2 aromatic rings. The van der Waals surface area contributed by atoms with Gasteiger partial charge in [0.15, 0.2) is 5.82 Å². The lowest BCUT2D eigenvalue weighted by Crippen LogP contribution is -1.94. The third-order valence-electron chi connectivity index (χ3n) is 2.66. The molecule has 0 unspecified atom stereocenters. The first-order valence-electron chi connectivity index (χ1n) is 5.94. The number of benzene rings is 1. The second-order valence-electron chi connectivity index (χ2n) is 4.68. The van der Waals surface area contributed by atoms with Crippen LogP contribution in [0, 0.1) is 11.7 Å². The number of hydrogen-bond donors (Lipinski definition) is 1. The Hall–Kier alpha value is -1.91. The van der Waals surface area contributed by atoms with Gasteiger partial charge in [-0.15, -0.1) is 0 Å². The van der Waals surface area contributed by atoms with Crippen molar-refractivity contribution in [1.29, 1.82) is 0 Å². The molecule has 0 saturated heterocycles. The van der Waals surface area contributed by atoms with Crippen LogP contribution in [0.3, 0.4) is 0 Å². The fraction of sp³-hybridized carbons (Fsp3) is 0.385. The van der Waals surface area contributed by atoms with E-state index in [0.29, 0.717) is 28.9 Å². The van der Waals surface area contributed by atoms with E-state index in [9.17, 15) is 4.39 Å². The van der Waals surface area contributed by atoms with Gasteiger partial charge in [-0.3, -0.25) is 0 Å². The van der Waals surface area contributed by atoms with Crippen LogP contribution in [0.4, 0.5) is 10.1 Å². The van der Waals surface area contributed by atoms with Crippen LogP contribution >= 0.6 is 0 Å². The summed E-state index contributed by atoms with van der Waals surface area (Å²) in [6.45, 7) is 4.28. The fourth-order valence-electron chi connectivity index (χ4n) is 1.61. The van der Waals surface area contributed by atoms with Gasteiger partial charge in [0.1, 0.15) is 5.82 Å². The quantitative estimate of drug-likeness (QED) is 0.846. The molecule has 0 aliphatic rings. The average molecular weight is 249 g/mol. The minimum absolute atomic E-state index is 0.300. The van der Waals surface area contributed by atoms with Gasteiger partial charge in [0.25, 0.3) is 5.89 Å². The molecule has 5 heteroatoms. The average Bonchev–Trinajstić information content (AvgIpc) is 2.75. The van der Waals surface area contributed by atoms with Crippen molar-refractivity contribution in [1.82, 2.24) is 10.1 Å². The topological polar surface area (TPSA) is 64.9 Å². The number of aryl methyl sites for hydroxylation is 1. The zero-order chi connectivity index (χ0) is 13.1. The molecular weight excluding hydrogens is 233 g/mol. The Morgan fingerprint density at radius 1 is 1.39 bits per heavy atom. The highest BCUT2D eigenvalue weighted by molar-refractivity contribution is 5.70. The Morgan fingerprint density at radius 2 is 2.17 bits per heavy atom. The van der Waals surface area contributed by atoms with Crippen LogP contribution in [0.1, 0.15) is 26.1 Å². The Morgan fingerprint density at radius 3 is 2.83 bits per heavy atom. The van der Waals surface area contributed by atoms with Crippen LogP contribution in [0.5, 0.6) is 0 Å². The molecule has 2 rings (SSSR count). The lowest BCUT2D eigenvalue weighted by atomic mass is 10.1. The lowest BCUT2D eigenvalue weighted by Gasteiger charge is -2.00. The van der Waals surface area contributed by atoms with Gasteiger partial charge in [0, 0.05) is 12.1 Å². The minimum Gasteiger partial charge on any atom is -0.398 e. The summed E-state index contributed by atoms with van der Waals surface area (Å²) in [5.74, 6) is 1.20. The van der Waals surface area contributed by atoms with E-state index in [4.69, 9.17) is 10.3 Å². The summed E-state index contributed by atoms with van der Waals surface area (Å²) in [5.41, 5.74) is 6.59. The molecule has 18 heavy (non-hydrogen) atoms. The number of aromatic nitrogens is 2. The highest BCUT2D eigenvalue weighted by Crippen LogP contribution is 2.25. The van der Waals surface area contributed by atoms with E-state index in [1.165, 1.54) is 12.1 Å². The van der Waals surface area contributed by atoms with Crippen LogP contribution in [-0.4, -0.2) is 10.1 Å². The van der Waals surface area contributed by atoms with Crippen molar-refractivity contribution in [3.05, 3.63) is 29.8 Å². The second kappa shape index (κ2) is 5.16. The normalized spacial score (nSPS) is 11.1. The van der Waals surface area contributed by atoms with E-state index >= 15 is 0 Å². The number of halogens is 1. The van der Waals surface area contributed by atoms with E-state index in [0.717, 1.165) is 12.8 Å². The molecule has 0 aliphatic carbocycles. The highest BCUT2D eigenvalue weighted by Gasteiger charge is 2.12. The predicted molar refractivity (Wildman–Crippen MR) is 67.3 cm³/mol. The van der Waals surface area contributed by atoms with Gasteiger partial charge in [-0.2, -0.15) is 4.98 Å². The Balaban J connectivity index is 2.18. The SMILES string of the molecule is CC(C)CCc1noc(-c2ccc(F)cc2N)n1. The summed E-state index contributed by atoms with van der Waals surface area (Å²) < 4.78 is 18.1. The molecular formula is C13H16FN3O. The molecule has 4 nitrogen and oxygen atoms in total. The maximum absolute atomic E-state index is 12.9. The van der Waals surface area contributed by atoms with Gasteiger partial charge in [0.2, 0.25) is 0 Å². The minimum atomic E-state index is -0.379. The summed E-state index contributed by atoms with van der Waals surface area (Å²) in [7, 11) is 0. The molecule has 0 saturated carbocycles. The molecule has 1 aromatic heterocycles. The summed E-state index contributed by atoms with van der Waals surface area (Å²) in [6.07, 6.45) is 1.76. The Kier molecular flexibility index (Phi) is 3.60. The van der Waals surface area contributed by atoms with Gasteiger partial charge in [-0.25, -0.2) is 4.39 Å². The molecule has 0 spiro atoms. The lowest BCUT2D eigenvalue weighted by molar-refractivity contribution is 0.419. The summed E-state index contributed by atoms with van der Waals surface area (Å²) >= 11 is 0. The van der Waals surface area contributed by atoms with E-state index in [2.05, 4.69) is 24.0 Å². The molecule has 2 N–H and O–H groups in total. The smallest absolute Gasteiger partial charge is 0.260 e. The first-order valence-corrected chi connectivity index (χ1v) is 5.94. The summed E-state index contributed by atoms with van der Waals surface area (Å²) in [6, 6.07) is 4.11. The van der Waals surface area contributed by atoms with Crippen LogP contribution < -0.4 is 5.73 Å². The van der Waals surface area contributed by atoms with Crippen molar-refractivity contribution in [3.63, 3.8) is 0 Å². The van der Waals surface area contributed by atoms with Crippen molar-refractivity contribution in [2.24, 2.45) is 5.92 Å². The molecule has 1 heterocycles. The number of hydrogen-bond acceptors (Lipinski definition) is 4. The van der Waals surface area contributed by atoms with Gasteiger partial charge >= 0.3 is 0 Å². The zero-order valence-electron chi connectivity index (χ0n) is 10.5. The summed E-state index contributed by atoms with van der Waals surface area (Å²) in [4.78, 5) is 4.26. The van der Waals surface area contributed by atoms with Gasteiger partial charge in [-0.1, -0.05) is 19.0 Å². The monoisotopic (exact) mass is 249 g/mol. The fourth-order valence-corrected chi connectivity index (χ4v) is 1.61. The molecule has 1 aromatic carbocycles. The van der Waals surface area contributed by atoms with Gasteiger partial charge in [-0.05, 0) is 30.5 Å². The van der Waals surface area contributed by atoms with E-state index in [-0.39, 0.29) is 5.82 Å². The third-order valence-corrected chi connectivity index (χ3v) is 2.66. The molecule has 0 amide bonds. The first kappa shape index (κ1) is 12.5. The standard InChI is InChI=1S/C13H16FN3O/c1-8(2)3-6-12-16-13(18-17-12)10-5-4-9(14)7-11(10)15/h4-5,7-8H,3,6,15H2,1-2H3. The summed E-state index contributed by atoms with van der Waals surface area (Å²) in [5, 5.41) is 3.89. The van der Waals surface area contributed by atoms with Crippen molar-refractivity contribution in [3.8, 4) is 11.5 Å². The maximum Gasteiger partial charge on any atom is 0.260 e. The third kappa shape index (κ3) is 2.85. The van der Waals surface area contributed by atoms with Crippen LogP contribution in [0.25, 0.3) is 11.5 Å². The highest BCUT2D eigenvalue weighted by atomic mass is 19.1.